The Balaban J connectivity index is 2.03. The lowest BCUT2D eigenvalue weighted by Crippen LogP contribution is -2.16. The maximum Gasteiger partial charge on any atom is 0.0972 e. The molecule has 0 radical (unpaired) electrons. The first-order chi connectivity index (χ1) is 8.29. The van der Waals surface area contributed by atoms with Crippen molar-refractivity contribution < 1.29 is 0 Å². The van der Waals surface area contributed by atoms with Crippen molar-refractivity contribution in [1.82, 2.24) is 4.98 Å². The van der Waals surface area contributed by atoms with Crippen LogP contribution in [-0.4, -0.2) is 11.5 Å². The second-order valence-corrected chi connectivity index (χ2v) is 6.07. The highest BCUT2D eigenvalue weighted by Crippen LogP contribution is 2.42. The van der Waals surface area contributed by atoms with Crippen LogP contribution in [0.15, 0.2) is 18.2 Å². The molecule has 1 heterocycles. The fourth-order valence-corrected chi connectivity index (χ4v) is 4.18. The summed E-state index contributed by atoms with van der Waals surface area (Å²) >= 11 is 1.86. The van der Waals surface area contributed by atoms with Crippen molar-refractivity contribution in [3.63, 3.8) is 0 Å². The van der Waals surface area contributed by atoms with E-state index in [4.69, 9.17) is 10.7 Å². The number of thiazole rings is 1. The van der Waals surface area contributed by atoms with Crippen LogP contribution >= 0.6 is 11.3 Å². The van der Waals surface area contributed by atoms with E-state index in [1.165, 1.54) is 40.1 Å². The molecular weight excluding hydrogens is 228 g/mol. The highest BCUT2D eigenvalue weighted by molar-refractivity contribution is 7.18. The molecule has 0 aliphatic heterocycles. The molecule has 1 saturated carbocycles. The summed E-state index contributed by atoms with van der Waals surface area (Å²) in [6, 6.07) is 6.44. The minimum atomic E-state index is 0.608. The summed E-state index contributed by atoms with van der Waals surface area (Å²) in [5, 5.41) is 1.31. The molecule has 3 rings (SSSR count). The number of para-hydroxylation sites is 1. The van der Waals surface area contributed by atoms with Crippen molar-refractivity contribution in [3.8, 4) is 0 Å². The lowest BCUT2D eigenvalue weighted by molar-refractivity contribution is 0.495. The number of nitrogens with zero attached hydrogens (tertiary/aromatic N) is 1. The summed E-state index contributed by atoms with van der Waals surface area (Å²) < 4.78 is 1.32. The maximum atomic E-state index is 5.86. The van der Waals surface area contributed by atoms with E-state index in [1.807, 2.05) is 11.3 Å². The van der Waals surface area contributed by atoms with Crippen molar-refractivity contribution in [2.45, 2.75) is 32.1 Å². The van der Waals surface area contributed by atoms with Crippen molar-refractivity contribution in [2.24, 2.45) is 11.7 Å². The number of aromatic nitrogens is 1. The van der Waals surface area contributed by atoms with E-state index >= 15 is 0 Å². The zero-order chi connectivity index (χ0) is 11.8. The maximum absolute atomic E-state index is 5.86. The number of rotatable bonds is 2. The fourth-order valence-electron chi connectivity index (χ4n) is 2.91. The Morgan fingerprint density at radius 3 is 3.06 bits per heavy atom. The monoisotopic (exact) mass is 246 g/mol. The Kier molecular flexibility index (Phi) is 2.89. The summed E-state index contributed by atoms with van der Waals surface area (Å²) in [6.45, 7) is 2.94. The van der Waals surface area contributed by atoms with Gasteiger partial charge < -0.3 is 5.73 Å². The highest BCUT2D eigenvalue weighted by Gasteiger charge is 2.29. The van der Waals surface area contributed by atoms with Crippen LogP contribution in [-0.2, 0) is 0 Å². The van der Waals surface area contributed by atoms with Gasteiger partial charge in [-0.05, 0) is 43.9 Å². The van der Waals surface area contributed by atoms with Crippen molar-refractivity contribution in [1.29, 1.82) is 0 Å². The van der Waals surface area contributed by atoms with Crippen LogP contribution in [0.1, 0.15) is 35.8 Å². The van der Waals surface area contributed by atoms with E-state index in [0.717, 1.165) is 6.54 Å². The molecule has 2 atom stereocenters. The van der Waals surface area contributed by atoms with E-state index < -0.39 is 0 Å². The smallest absolute Gasteiger partial charge is 0.0972 e. The van der Waals surface area contributed by atoms with Crippen molar-refractivity contribution in [2.75, 3.05) is 6.54 Å². The second-order valence-electron chi connectivity index (χ2n) is 5.01. The van der Waals surface area contributed by atoms with Crippen LogP contribution in [0.2, 0.25) is 0 Å². The predicted octanol–water partition coefficient (Wildman–Crippen LogP) is 3.45. The molecule has 1 aliphatic carbocycles. The number of nitrogens with two attached hydrogens (primary N) is 1. The molecule has 0 saturated heterocycles. The minimum Gasteiger partial charge on any atom is -0.330 e. The predicted molar refractivity (Wildman–Crippen MR) is 73.5 cm³/mol. The van der Waals surface area contributed by atoms with Crippen molar-refractivity contribution >= 4 is 21.6 Å². The van der Waals surface area contributed by atoms with Gasteiger partial charge in [-0.3, -0.25) is 0 Å². The molecule has 0 amide bonds. The first kappa shape index (κ1) is 11.2. The summed E-state index contributed by atoms with van der Waals surface area (Å²) in [5.41, 5.74) is 8.34. The molecule has 2 aromatic rings. The second kappa shape index (κ2) is 4.39. The summed E-state index contributed by atoms with van der Waals surface area (Å²) in [6.07, 6.45) is 3.85. The van der Waals surface area contributed by atoms with Crippen LogP contribution in [0, 0.1) is 12.8 Å². The highest BCUT2D eigenvalue weighted by atomic mass is 32.1. The lowest BCUT2D eigenvalue weighted by Gasteiger charge is -2.14. The summed E-state index contributed by atoms with van der Waals surface area (Å²) in [4.78, 5) is 4.86. The molecule has 17 heavy (non-hydrogen) atoms. The van der Waals surface area contributed by atoms with E-state index in [0.29, 0.717) is 11.8 Å². The van der Waals surface area contributed by atoms with Gasteiger partial charge in [-0.15, -0.1) is 11.3 Å². The average molecular weight is 246 g/mol. The van der Waals surface area contributed by atoms with Crippen LogP contribution in [0.5, 0.6) is 0 Å². The molecule has 2 unspecified atom stereocenters. The molecule has 90 valence electrons. The molecule has 0 bridgehead atoms. The Morgan fingerprint density at radius 1 is 1.41 bits per heavy atom. The quantitative estimate of drug-likeness (QED) is 0.881. The molecule has 1 aliphatic rings. The fraction of sp³-hybridized carbons (Fsp3) is 0.500. The Labute approximate surface area is 106 Å². The van der Waals surface area contributed by atoms with Crippen LogP contribution in [0.25, 0.3) is 10.2 Å². The van der Waals surface area contributed by atoms with Gasteiger partial charge in [0, 0.05) is 5.92 Å². The topological polar surface area (TPSA) is 38.9 Å². The average Bonchev–Trinajstić information content (AvgIpc) is 2.94. The number of fused-ring (bicyclic) bond motifs is 1. The number of benzene rings is 1. The molecule has 0 spiro atoms. The largest absolute Gasteiger partial charge is 0.330 e. The Morgan fingerprint density at radius 2 is 2.29 bits per heavy atom. The summed E-state index contributed by atoms with van der Waals surface area (Å²) in [5.74, 6) is 1.26. The van der Waals surface area contributed by atoms with E-state index in [-0.39, 0.29) is 0 Å². The molecular formula is C14H18N2S. The van der Waals surface area contributed by atoms with Gasteiger partial charge in [0.15, 0.2) is 0 Å². The summed E-state index contributed by atoms with van der Waals surface area (Å²) in [7, 11) is 0. The minimum absolute atomic E-state index is 0.608. The van der Waals surface area contributed by atoms with Crippen LogP contribution < -0.4 is 5.73 Å². The van der Waals surface area contributed by atoms with E-state index in [2.05, 4.69) is 25.1 Å². The van der Waals surface area contributed by atoms with Gasteiger partial charge in [0.2, 0.25) is 0 Å². The first-order valence-corrected chi connectivity index (χ1v) is 7.17. The van der Waals surface area contributed by atoms with Gasteiger partial charge in [-0.2, -0.15) is 0 Å². The number of hydrogen-bond acceptors (Lipinski definition) is 3. The zero-order valence-electron chi connectivity index (χ0n) is 10.1. The molecule has 1 fully saturated rings. The van der Waals surface area contributed by atoms with Crippen LogP contribution in [0.4, 0.5) is 0 Å². The standard InChI is InChI=1S/C14H18N2S/c1-9-4-2-7-12-13(9)16-14(17-12)11-6-3-5-10(11)8-15/h2,4,7,10-11H,3,5-6,8,15H2,1H3. The van der Waals surface area contributed by atoms with Gasteiger partial charge in [0.1, 0.15) is 0 Å². The molecule has 1 aromatic heterocycles. The SMILES string of the molecule is Cc1cccc2sc(C3CCCC3CN)nc12. The van der Waals surface area contributed by atoms with Crippen LogP contribution in [0.3, 0.4) is 0 Å². The lowest BCUT2D eigenvalue weighted by atomic mass is 9.97. The van der Waals surface area contributed by atoms with Gasteiger partial charge in [-0.25, -0.2) is 4.98 Å². The molecule has 2 N–H and O–H groups in total. The van der Waals surface area contributed by atoms with Crippen molar-refractivity contribution in [3.05, 3.63) is 28.8 Å². The van der Waals surface area contributed by atoms with E-state index in [9.17, 15) is 0 Å². The Hall–Kier alpha value is -0.930. The third-order valence-corrected chi connectivity index (χ3v) is 5.07. The normalized spacial score (nSPS) is 24.6. The molecule has 3 heteroatoms. The van der Waals surface area contributed by atoms with Gasteiger partial charge in [0.05, 0.1) is 15.2 Å². The molecule has 1 aromatic carbocycles. The number of aryl methyl sites for hydroxylation is 1. The van der Waals surface area contributed by atoms with E-state index in [1.54, 1.807) is 0 Å². The first-order valence-electron chi connectivity index (χ1n) is 6.35. The zero-order valence-corrected chi connectivity index (χ0v) is 11.0. The third-order valence-electron chi connectivity index (χ3n) is 3.92. The van der Waals surface area contributed by atoms with Gasteiger partial charge in [-0.1, -0.05) is 18.6 Å². The molecule has 2 nitrogen and oxygen atoms in total. The Bertz CT molecular complexity index is 532. The number of hydrogen-bond donors (Lipinski definition) is 1. The van der Waals surface area contributed by atoms with Gasteiger partial charge in [0.25, 0.3) is 0 Å². The third kappa shape index (κ3) is 1.87. The van der Waals surface area contributed by atoms with Gasteiger partial charge >= 0.3 is 0 Å².